The van der Waals surface area contributed by atoms with Crippen molar-refractivity contribution in [2.24, 2.45) is 0 Å². The zero-order chi connectivity index (χ0) is 11.4. The van der Waals surface area contributed by atoms with Crippen LogP contribution in [0.4, 0.5) is 0 Å². The van der Waals surface area contributed by atoms with Crippen LogP contribution in [0.15, 0.2) is 4.79 Å². The van der Waals surface area contributed by atoms with Crippen LogP contribution in [-0.4, -0.2) is 21.4 Å². The summed E-state index contributed by atoms with van der Waals surface area (Å²) in [6, 6.07) is 0.0979. The molecular weight excluding hydrogens is 194 g/mol. The second-order valence-corrected chi connectivity index (χ2v) is 3.70. The fourth-order valence-corrected chi connectivity index (χ4v) is 1.62. The highest BCUT2D eigenvalue weighted by atomic mass is 16.5. The number of nitrogens with zero attached hydrogens (tertiary/aromatic N) is 2. The Bertz CT molecular complexity index is 354. The fourth-order valence-electron chi connectivity index (χ4n) is 1.62. The van der Waals surface area contributed by atoms with Gasteiger partial charge < -0.3 is 4.74 Å². The number of hydrogen-bond acceptors (Lipinski definition) is 3. The molecule has 1 rings (SSSR count). The van der Waals surface area contributed by atoms with E-state index in [2.05, 4.69) is 10.2 Å². The molecule has 1 aromatic rings. The van der Waals surface area contributed by atoms with Crippen molar-refractivity contribution in [3.05, 3.63) is 16.3 Å². The van der Waals surface area contributed by atoms with E-state index in [4.69, 9.17) is 4.74 Å². The Hall–Kier alpha value is -1.10. The summed E-state index contributed by atoms with van der Waals surface area (Å²) >= 11 is 0. The van der Waals surface area contributed by atoms with Crippen LogP contribution < -0.4 is 5.69 Å². The van der Waals surface area contributed by atoms with Gasteiger partial charge in [-0.1, -0.05) is 6.92 Å². The van der Waals surface area contributed by atoms with Crippen LogP contribution in [-0.2, 0) is 4.74 Å². The Labute approximate surface area is 89.5 Å². The number of hydrogen-bond donors (Lipinski definition) is 1. The van der Waals surface area contributed by atoms with Gasteiger partial charge in [0.15, 0.2) is 5.82 Å². The molecule has 15 heavy (non-hydrogen) atoms. The van der Waals surface area contributed by atoms with Crippen molar-refractivity contribution in [3.63, 3.8) is 0 Å². The van der Waals surface area contributed by atoms with Crippen LogP contribution in [0.5, 0.6) is 0 Å². The maximum absolute atomic E-state index is 11.5. The van der Waals surface area contributed by atoms with E-state index in [0.717, 1.165) is 6.42 Å². The van der Waals surface area contributed by atoms with Crippen LogP contribution >= 0.6 is 0 Å². The number of rotatable bonds is 5. The lowest BCUT2D eigenvalue weighted by Crippen LogP contribution is -2.22. The van der Waals surface area contributed by atoms with E-state index in [9.17, 15) is 4.79 Å². The lowest BCUT2D eigenvalue weighted by atomic mass is 10.2. The van der Waals surface area contributed by atoms with E-state index in [1.54, 1.807) is 4.57 Å². The molecule has 0 amide bonds. The van der Waals surface area contributed by atoms with Crippen molar-refractivity contribution in [2.75, 3.05) is 6.61 Å². The number of aromatic amines is 1. The molecule has 86 valence electrons. The van der Waals surface area contributed by atoms with Crippen molar-refractivity contribution >= 4 is 0 Å². The molecule has 0 aromatic carbocycles. The predicted molar refractivity (Wildman–Crippen MR) is 57.9 cm³/mol. The molecule has 0 bridgehead atoms. The molecule has 1 heterocycles. The second-order valence-electron chi connectivity index (χ2n) is 3.70. The molecule has 0 saturated heterocycles. The fraction of sp³-hybridized carbons (Fsp3) is 0.800. The molecule has 1 aromatic heterocycles. The van der Waals surface area contributed by atoms with Gasteiger partial charge in [-0.2, -0.15) is 5.10 Å². The molecule has 0 spiro atoms. The highest BCUT2D eigenvalue weighted by Gasteiger charge is 2.19. The van der Waals surface area contributed by atoms with Crippen LogP contribution in [0, 0.1) is 0 Å². The van der Waals surface area contributed by atoms with Crippen LogP contribution in [0.3, 0.4) is 0 Å². The predicted octanol–water partition coefficient (Wildman–Crippen LogP) is 1.64. The van der Waals surface area contributed by atoms with Gasteiger partial charge in [0.25, 0.3) is 0 Å². The van der Waals surface area contributed by atoms with E-state index in [-0.39, 0.29) is 17.8 Å². The summed E-state index contributed by atoms with van der Waals surface area (Å²) < 4.78 is 7.18. The average molecular weight is 213 g/mol. The first-order valence-corrected chi connectivity index (χ1v) is 5.40. The summed E-state index contributed by atoms with van der Waals surface area (Å²) in [5, 5.41) is 6.50. The van der Waals surface area contributed by atoms with Crippen LogP contribution in [0.1, 0.15) is 52.1 Å². The topological polar surface area (TPSA) is 59.9 Å². The van der Waals surface area contributed by atoms with Gasteiger partial charge in [0.1, 0.15) is 6.10 Å². The van der Waals surface area contributed by atoms with E-state index < -0.39 is 0 Å². The van der Waals surface area contributed by atoms with Crippen molar-refractivity contribution in [1.29, 1.82) is 0 Å². The Morgan fingerprint density at radius 2 is 2.13 bits per heavy atom. The van der Waals surface area contributed by atoms with Crippen molar-refractivity contribution in [1.82, 2.24) is 14.8 Å². The summed E-state index contributed by atoms with van der Waals surface area (Å²) in [5.74, 6) is 0.694. The summed E-state index contributed by atoms with van der Waals surface area (Å²) in [5.41, 5.74) is -0.168. The SMILES string of the molecule is CCO[C@H](CC)c1n[nH]c(=O)n1C(C)C. The minimum Gasteiger partial charge on any atom is -0.371 e. The van der Waals surface area contributed by atoms with E-state index in [1.807, 2.05) is 27.7 Å². The summed E-state index contributed by atoms with van der Waals surface area (Å²) in [6.45, 7) is 8.49. The van der Waals surface area contributed by atoms with Crippen molar-refractivity contribution in [3.8, 4) is 0 Å². The minimum absolute atomic E-state index is 0.0979. The minimum atomic E-state index is -0.168. The third-order valence-corrected chi connectivity index (χ3v) is 2.27. The first-order chi connectivity index (χ1) is 7.11. The highest BCUT2D eigenvalue weighted by molar-refractivity contribution is 4.93. The van der Waals surface area contributed by atoms with Crippen molar-refractivity contribution < 1.29 is 4.74 Å². The van der Waals surface area contributed by atoms with Gasteiger partial charge in [-0.25, -0.2) is 9.89 Å². The second kappa shape index (κ2) is 5.11. The quantitative estimate of drug-likeness (QED) is 0.808. The molecule has 0 saturated carbocycles. The Morgan fingerprint density at radius 1 is 1.47 bits per heavy atom. The Balaban J connectivity index is 3.06. The normalized spacial score (nSPS) is 13.4. The number of aromatic nitrogens is 3. The van der Waals surface area contributed by atoms with Gasteiger partial charge in [-0.05, 0) is 27.2 Å². The van der Waals surface area contributed by atoms with Gasteiger partial charge in [0.05, 0.1) is 0 Å². The third-order valence-electron chi connectivity index (χ3n) is 2.27. The lowest BCUT2D eigenvalue weighted by Gasteiger charge is -2.16. The maximum Gasteiger partial charge on any atom is 0.343 e. The van der Waals surface area contributed by atoms with Crippen LogP contribution in [0.25, 0.3) is 0 Å². The van der Waals surface area contributed by atoms with Gasteiger partial charge in [-0.15, -0.1) is 0 Å². The highest BCUT2D eigenvalue weighted by Crippen LogP contribution is 2.19. The molecule has 5 heteroatoms. The van der Waals surface area contributed by atoms with Crippen LogP contribution in [0.2, 0.25) is 0 Å². The Kier molecular flexibility index (Phi) is 4.08. The average Bonchev–Trinajstić information content (AvgIpc) is 2.56. The molecular formula is C10H19N3O2. The smallest absolute Gasteiger partial charge is 0.343 e. The first-order valence-electron chi connectivity index (χ1n) is 5.40. The molecule has 0 aliphatic heterocycles. The van der Waals surface area contributed by atoms with Gasteiger partial charge in [-0.3, -0.25) is 4.57 Å². The number of H-pyrrole nitrogens is 1. The zero-order valence-electron chi connectivity index (χ0n) is 9.78. The first kappa shape index (κ1) is 12.0. The molecule has 1 N–H and O–H groups in total. The monoisotopic (exact) mass is 213 g/mol. The summed E-state index contributed by atoms with van der Waals surface area (Å²) in [4.78, 5) is 11.5. The molecule has 0 fully saturated rings. The van der Waals surface area contributed by atoms with E-state index in [1.165, 1.54) is 0 Å². The van der Waals surface area contributed by atoms with E-state index in [0.29, 0.717) is 12.4 Å². The molecule has 0 radical (unpaired) electrons. The van der Waals surface area contributed by atoms with Gasteiger partial charge in [0.2, 0.25) is 0 Å². The largest absolute Gasteiger partial charge is 0.371 e. The molecule has 1 atom stereocenters. The van der Waals surface area contributed by atoms with Gasteiger partial charge in [0, 0.05) is 12.6 Å². The number of ether oxygens (including phenoxy) is 1. The molecule has 0 aliphatic rings. The van der Waals surface area contributed by atoms with Crippen molar-refractivity contribution in [2.45, 2.75) is 46.3 Å². The molecule has 5 nitrogen and oxygen atoms in total. The number of nitrogens with one attached hydrogen (secondary N) is 1. The maximum atomic E-state index is 11.5. The Morgan fingerprint density at radius 3 is 2.60 bits per heavy atom. The van der Waals surface area contributed by atoms with E-state index >= 15 is 0 Å². The third kappa shape index (κ3) is 2.47. The lowest BCUT2D eigenvalue weighted by molar-refractivity contribution is 0.0498. The standard InChI is InChI=1S/C10H19N3O2/c1-5-8(15-6-2)9-11-12-10(14)13(9)7(3)4/h7-8H,5-6H2,1-4H3,(H,12,14)/t8-/m1/s1. The molecule has 0 unspecified atom stereocenters. The summed E-state index contributed by atoms with van der Waals surface area (Å²) in [6.07, 6.45) is 0.710. The van der Waals surface area contributed by atoms with Gasteiger partial charge >= 0.3 is 5.69 Å². The zero-order valence-corrected chi connectivity index (χ0v) is 9.78. The molecule has 0 aliphatic carbocycles. The summed E-state index contributed by atoms with van der Waals surface area (Å²) in [7, 11) is 0.